The Morgan fingerprint density at radius 3 is 2.96 bits per heavy atom. The second kappa shape index (κ2) is 7.28. The van der Waals surface area contributed by atoms with Gasteiger partial charge in [0.2, 0.25) is 0 Å². The molecule has 1 N–H and O–H groups in total. The molecule has 3 heterocycles. The number of benzene rings is 1. The minimum atomic E-state index is -0.238. The lowest BCUT2D eigenvalue weighted by Crippen LogP contribution is -2.44. The number of aryl methyl sites for hydroxylation is 2. The number of urea groups is 1. The maximum atomic E-state index is 12.6. The number of morpholine rings is 1. The molecule has 1 aromatic carbocycles. The number of ether oxygens (including phenoxy) is 1. The standard InChI is InChI=1S/C20H22N4O3/c1-14-5-6-17(15(2)10-14)24-12-16(11-21-24)22-20(25)23-7-9-27-19(13-23)18-4-3-8-26-18/h3-6,8,10-12,19H,7,9,13H2,1-2H3,(H,22,25). The van der Waals surface area contributed by atoms with Gasteiger partial charge in [0, 0.05) is 6.54 Å². The van der Waals surface area contributed by atoms with Crippen LogP contribution in [0.3, 0.4) is 0 Å². The monoisotopic (exact) mass is 366 g/mol. The molecule has 0 saturated carbocycles. The van der Waals surface area contributed by atoms with E-state index >= 15 is 0 Å². The van der Waals surface area contributed by atoms with E-state index in [1.54, 1.807) is 22.0 Å². The average Bonchev–Trinajstić information content (AvgIpc) is 3.34. The molecule has 7 heteroatoms. The predicted molar refractivity (Wildman–Crippen MR) is 101 cm³/mol. The molecule has 0 bridgehead atoms. The van der Waals surface area contributed by atoms with Crippen molar-refractivity contribution >= 4 is 11.7 Å². The maximum absolute atomic E-state index is 12.6. The van der Waals surface area contributed by atoms with Crippen LogP contribution in [0.2, 0.25) is 0 Å². The van der Waals surface area contributed by atoms with Crippen molar-refractivity contribution in [3.63, 3.8) is 0 Å². The highest BCUT2D eigenvalue weighted by atomic mass is 16.5. The molecular weight excluding hydrogens is 344 g/mol. The maximum Gasteiger partial charge on any atom is 0.322 e. The zero-order chi connectivity index (χ0) is 18.8. The van der Waals surface area contributed by atoms with Crippen molar-refractivity contribution in [1.29, 1.82) is 0 Å². The van der Waals surface area contributed by atoms with Gasteiger partial charge in [-0.25, -0.2) is 9.48 Å². The molecule has 2 amide bonds. The van der Waals surface area contributed by atoms with Crippen LogP contribution in [0.5, 0.6) is 0 Å². The topological polar surface area (TPSA) is 72.5 Å². The number of hydrogen-bond donors (Lipinski definition) is 1. The minimum absolute atomic E-state index is 0.171. The first-order valence-electron chi connectivity index (χ1n) is 8.93. The summed E-state index contributed by atoms with van der Waals surface area (Å²) in [6, 6.07) is 9.69. The second-order valence-corrected chi connectivity index (χ2v) is 6.71. The Morgan fingerprint density at radius 1 is 1.30 bits per heavy atom. The number of rotatable bonds is 3. The third kappa shape index (κ3) is 3.73. The van der Waals surface area contributed by atoms with Gasteiger partial charge in [0.15, 0.2) is 0 Å². The first-order chi connectivity index (χ1) is 13.1. The van der Waals surface area contributed by atoms with Gasteiger partial charge in [-0.3, -0.25) is 0 Å². The second-order valence-electron chi connectivity index (χ2n) is 6.71. The van der Waals surface area contributed by atoms with Gasteiger partial charge in [0.1, 0.15) is 11.9 Å². The first-order valence-corrected chi connectivity index (χ1v) is 8.93. The van der Waals surface area contributed by atoms with Crippen LogP contribution in [0.15, 0.2) is 53.4 Å². The van der Waals surface area contributed by atoms with Crippen LogP contribution in [0.1, 0.15) is 23.0 Å². The van der Waals surface area contributed by atoms with Crippen molar-refractivity contribution in [2.24, 2.45) is 0 Å². The largest absolute Gasteiger partial charge is 0.467 e. The van der Waals surface area contributed by atoms with E-state index < -0.39 is 0 Å². The van der Waals surface area contributed by atoms with E-state index in [4.69, 9.17) is 9.15 Å². The van der Waals surface area contributed by atoms with E-state index in [1.807, 2.05) is 37.4 Å². The van der Waals surface area contributed by atoms with Crippen LogP contribution >= 0.6 is 0 Å². The Morgan fingerprint density at radius 2 is 2.19 bits per heavy atom. The molecule has 3 aromatic rings. The van der Waals surface area contributed by atoms with Crippen molar-refractivity contribution in [2.75, 3.05) is 25.0 Å². The number of furan rings is 1. The number of carbonyl (C=O) groups excluding carboxylic acids is 1. The van der Waals surface area contributed by atoms with Gasteiger partial charge in [0.25, 0.3) is 0 Å². The smallest absolute Gasteiger partial charge is 0.322 e. The summed E-state index contributed by atoms with van der Waals surface area (Å²) in [5.41, 5.74) is 3.98. The van der Waals surface area contributed by atoms with Crippen molar-refractivity contribution in [1.82, 2.24) is 14.7 Å². The van der Waals surface area contributed by atoms with E-state index in [1.165, 1.54) is 5.56 Å². The Labute approximate surface area is 157 Å². The highest BCUT2D eigenvalue weighted by Gasteiger charge is 2.27. The molecule has 140 valence electrons. The highest BCUT2D eigenvalue weighted by molar-refractivity contribution is 5.89. The SMILES string of the molecule is Cc1ccc(-n2cc(NC(=O)N3CCOC(c4ccco4)C3)cn2)c(C)c1. The van der Waals surface area contributed by atoms with E-state index in [0.717, 1.165) is 17.0 Å². The molecule has 0 radical (unpaired) electrons. The van der Waals surface area contributed by atoms with E-state index in [-0.39, 0.29) is 12.1 Å². The first kappa shape index (κ1) is 17.4. The predicted octanol–water partition coefficient (Wildman–Crippen LogP) is 3.69. The zero-order valence-corrected chi connectivity index (χ0v) is 15.4. The lowest BCUT2D eigenvalue weighted by molar-refractivity contribution is -0.0242. The molecule has 2 aromatic heterocycles. The Kier molecular flexibility index (Phi) is 4.68. The molecule has 1 fully saturated rings. The van der Waals surface area contributed by atoms with Crippen LogP contribution in [-0.4, -0.2) is 40.4 Å². The van der Waals surface area contributed by atoms with Crippen LogP contribution in [-0.2, 0) is 4.74 Å². The Balaban J connectivity index is 1.43. The summed E-state index contributed by atoms with van der Waals surface area (Å²) in [6.45, 7) is 5.56. The molecule has 1 saturated heterocycles. The van der Waals surface area contributed by atoms with Gasteiger partial charge < -0.3 is 19.4 Å². The molecule has 27 heavy (non-hydrogen) atoms. The molecule has 0 aliphatic carbocycles. The van der Waals surface area contributed by atoms with Crippen LogP contribution in [0, 0.1) is 13.8 Å². The number of nitrogens with one attached hydrogen (secondary N) is 1. The number of anilines is 1. The fraction of sp³-hybridized carbons (Fsp3) is 0.300. The van der Waals surface area contributed by atoms with Crippen molar-refractivity contribution in [2.45, 2.75) is 20.0 Å². The molecule has 1 unspecified atom stereocenters. The summed E-state index contributed by atoms with van der Waals surface area (Å²) in [5.74, 6) is 0.732. The summed E-state index contributed by atoms with van der Waals surface area (Å²) >= 11 is 0. The molecule has 1 aliphatic rings. The zero-order valence-electron chi connectivity index (χ0n) is 15.4. The molecule has 1 aliphatic heterocycles. The molecular formula is C20H22N4O3. The molecule has 7 nitrogen and oxygen atoms in total. The quantitative estimate of drug-likeness (QED) is 0.767. The minimum Gasteiger partial charge on any atom is -0.467 e. The summed E-state index contributed by atoms with van der Waals surface area (Å²) in [6.07, 6.45) is 4.85. The summed E-state index contributed by atoms with van der Waals surface area (Å²) < 4.78 is 12.9. The third-order valence-electron chi connectivity index (χ3n) is 4.65. The van der Waals surface area contributed by atoms with Gasteiger partial charge in [-0.15, -0.1) is 0 Å². The number of aromatic nitrogens is 2. The lowest BCUT2D eigenvalue weighted by atomic mass is 10.1. The van der Waals surface area contributed by atoms with E-state index in [0.29, 0.717) is 25.4 Å². The number of amides is 2. The summed E-state index contributed by atoms with van der Waals surface area (Å²) in [5, 5.41) is 7.29. The average molecular weight is 366 g/mol. The lowest BCUT2D eigenvalue weighted by Gasteiger charge is -2.31. The van der Waals surface area contributed by atoms with E-state index in [2.05, 4.69) is 23.4 Å². The van der Waals surface area contributed by atoms with Gasteiger partial charge in [-0.05, 0) is 37.6 Å². The van der Waals surface area contributed by atoms with Crippen molar-refractivity contribution in [3.8, 4) is 5.69 Å². The highest BCUT2D eigenvalue weighted by Crippen LogP contribution is 2.23. The number of nitrogens with zero attached hydrogens (tertiary/aromatic N) is 3. The number of hydrogen-bond acceptors (Lipinski definition) is 4. The van der Waals surface area contributed by atoms with Crippen LogP contribution in [0.4, 0.5) is 10.5 Å². The third-order valence-corrected chi connectivity index (χ3v) is 4.65. The van der Waals surface area contributed by atoms with E-state index in [9.17, 15) is 4.79 Å². The van der Waals surface area contributed by atoms with Crippen molar-refractivity contribution in [3.05, 3.63) is 65.9 Å². The van der Waals surface area contributed by atoms with Crippen LogP contribution in [0.25, 0.3) is 5.69 Å². The summed E-state index contributed by atoms with van der Waals surface area (Å²) in [4.78, 5) is 14.4. The van der Waals surface area contributed by atoms with Crippen molar-refractivity contribution < 1.29 is 13.9 Å². The normalized spacial score (nSPS) is 17.1. The molecule has 1 atom stereocenters. The van der Waals surface area contributed by atoms with Crippen LogP contribution < -0.4 is 5.32 Å². The Bertz CT molecular complexity index is 933. The molecule has 4 rings (SSSR count). The Hall–Kier alpha value is -3.06. The van der Waals surface area contributed by atoms with Gasteiger partial charge in [-0.1, -0.05) is 17.7 Å². The van der Waals surface area contributed by atoms with Gasteiger partial charge in [0.05, 0.1) is 43.2 Å². The number of carbonyl (C=O) groups is 1. The van der Waals surface area contributed by atoms with Gasteiger partial charge in [-0.2, -0.15) is 5.10 Å². The fourth-order valence-electron chi connectivity index (χ4n) is 3.26. The summed E-state index contributed by atoms with van der Waals surface area (Å²) in [7, 11) is 0. The molecule has 0 spiro atoms. The fourth-order valence-corrected chi connectivity index (χ4v) is 3.26. The van der Waals surface area contributed by atoms with Gasteiger partial charge >= 0.3 is 6.03 Å².